The van der Waals surface area contributed by atoms with Crippen molar-refractivity contribution in [2.45, 2.75) is 70.3 Å². The number of benzene rings is 2. The Bertz CT molecular complexity index is 3010. The summed E-state index contributed by atoms with van der Waals surface area (Å²) in [5, 5.41) is 16.6. The minimum atomic E-state index is -3.36. The van der Waals surface area contributed by atoms with Crippen molar-refractivity contribution < 1.29 is 37.0 Å². The van der Waals surface area contributed by atoms with Crippen molar-refractivity contribution in [3.05, 3.63) is 123 Å². The zero-order chi connectivity index (χ0) is 50.8. The summed E-state index contributed by atoms with van der Waals surface area (Å²) in [4.78, 5) is 52.7. The number of rotatable bonds is 12. The van der Waals surface area contributed by atoms with Crippen LogP contribution in [-0.4, -0.2) is 117 Å². The van der Waals surface area contributed by atoms with Gasteiger partial charge in [0, 0.05) is 72.6 Å². The number of aryl methyl sites for hydroxylation is 1. The number of halogens is 1. The normalized spacial score (nSPS) is 17.0. The highest BCUT2D eigenvalue weighted by atomic mass is 35.5. The standard InChI is InChI=1S/C22H28N6O3S.C18H18ClNO3S.C8H11N3O3S/c1-15(2)24-19-5-4-8-23-21(19)27-9-11-28(12-10-27)22(29)20-14-16-13-17(26-32(3,30)31)6-7-18(16)25-20;1-11-14(8-9-22-11)17(24)20-12-6-7-16(19)15(10-12)18(21)23-13-4-2-3-5-13;9-5-1-2-11(8(13)10-5)6-4-15-7(3-12)14-6/h4-8,13-15,24-26H,9-12H2,1-3H3;6-10,13H,2-5H2,1H3,(H,20,24);1-2,6-7,12H,3-4H2,(H2,9,10,13)/t;;6-,7+/m..0/s1. The first-order valence-corrected chi connectivity index (χ1v) is 26.6. The lowest BCUT2D eigenvalue weighted by molar-refractivity contribution is -0.00629. The molecule has 9 rings (SSSR count). The molecular weight excluding hydrogens is 992 g/mol. The molecule has 0 radical (unpaired) electrons. The number of carbonyl (C=O) groups excluding carboxylic acids is 2. The first-order valence-electron chi connectivity index (χ1n) is 22.9. The molecule has 378 valence electrons. The highest BCUT2D eigenvalue weighted by Gasteiger charge is 2.28. The average molecular weight is 1050 g/mol. The number of piperazine rings is 1. The van der Waals surface area contributed by atoms with Crippen molar-refractivity contribution in [1.29, 1.82) is 0 Å². The largest absolute Gasteiger partial charge is 0.469 e. The second-order valence-corrected chi connectivity index (χ2v) is 21.0. The van der Waals surface area contributed by atoms with Gasteiger partial charge in [-0.3, -0.25) is 14.1 Å². The van der Waals surface area contributed by atoms with Crippen LogP contribution in [0, 0.1) is 6.92 Å². The number of sulfonamides is 1. The van der Waals surface area contributed by atoms with E-state index in [4.69, 9.17) is 48.5 Å². The molecule has 1 saturated carbocycles. The van der Waals surface area contributed by atoms with Gasteiger partial charge in [-0.15, -0.1) is 11.8 Å². The number of aliphatic hydroxyl groups is 1. The van der Waals surface area contributed by atoms with Gasteiger partial charge in [-0.2, -0.15) is 4.98 Å². The molecule has 23 heteroatoms. The number of pyridine rings is 1. The number of aliphatic hydroxyl groups excluding tert-OH is 1. The number of esters is 1. The molecule has 2 aliphatic heterocycles. The molecule has 1 amide bonds. The molecular formula is C48H57ClN10O9S3. The summed E-state index contributed by atoms with van der Waals surface area (Å²) in [5.41, 5.74) is 9.25. The number of amides is 1. The molecule has 6 aromatic rings. The molecule has 6 heterocycles. The van der Waals surface area contributed by atoms with Gasteiger partial charge in [-0.1, -0.05) is 23.8 Å². The maximum absolute atomic E-state index is 13.1. The van der Waals surface area contributed by atoms with Gasteiger partial charge in [0.2, 0.25) is 10.0 Å². The van der Waals surface area contributed by atoms with Crippen molar-refractivity contribution in [3.8, 4) is 0 Å². The van der Waals surface area contributed by atoms with Gasteiger partial charge < -0.3 is 50.1 Å². The molecule has 71 heavy (non-hydrogen) atoms. The van der Waals surface area contributed by atoms with Crippen LogP contribution in [0.3, 0.4) is 0 Å². The van der Waals surface area contributed by atoms with Gasteiger partial charge in [-0.25, -0.2) is 23.0 Å². The highest BCUT2D eigenvalue weighted by molar-refractivity contribution is 8.00. The number of thiocarbonyl (C=S) groups is 1. The third-order valence-corrected chi connectivity index (χ3v) is 13.8. The number of nitrogens with zero attached hydrogens (tertiary/aromatic N) is 5. The van der Waals surface area contributed by atoms with E-state index in [1.165, 1.54) is 16.3 Å². The summed E-state index contributed by atoms with van der Waals surface area (Å²) in [5.74, 6) is 2.00. The van der Waals surface area contributed by atoms with Crippen LogP contribution in [-0.2, 0) is 19.5 Å². The molecule has 2 aromatic carbocycles. The average Bonchev–Trinajstić information content (AvgIpc) is 4.18. The number of thioether (sulfide) groups is 1. The Labute approximate surface area is 425 Å². The fourth-order valence-corrected chi connectivity index (χ4v) is 10.0. The molecule has 19 nitrogen and oxygen atoms in total. The van der Waals surface area contributed by atoms with E-state index in [9.17, 15) is 22.8 Å². The maximum atomic E-state index is 13.1. The molecule has 0 spiro atoms. The van der Waals surface area contributed by atoms with Crippen LogP contribution < -0.4 is 31.7 Å². The fourth-order valence-electron chi connectivity index (χ4n) is 8.02. The minimum absolute atomic E-state index is 0.000150. The van der Waals surface area contributed by atoms with Crippen molar-refractivity contribution in [3.63, 3.8) is 0 Å². The molecule has 3 aliphatic rings. The molecule has 2 atom stereocenters. The monoisotopic (exact) mass is 1050 g/mol. The Hall–Kier alpha value is -6.17. The first-order chi connectivity index (χ1) is 33.9. The third-order valence-electron chi connectivity index (χ3n) is 11.4. The number of aromatic nitrogens is 4. The summed E-state index contributed by atoms with van der Waals surface area (Å²) in [7, 11) is -3.36. The Morgan fingerprint density at radius 3 is 2.45 bits per heavy atom. The number of nitrogen functional groups attached to an aromatic ring is 1. The van der Waals surface area contributed by atoms with E-state index >= 15 is 0 Å². The van der Waals surface area contributed by atoms with Crippen LogP contribution in [0.2, 0.25) is 5.02 Å². The summed E-state index contributed by atoms with van der Waals surface area (Å²) >= 11 is 13.0. The topological polar surface area (TPSA) is 252 Å². The second kappa shape index (κ2) is 23.8. The summed E-state index contributed by atoms with van der Waals surface area (Å²) in [6, 6.07) is 19.6. The molecule has 4 aromatic heterocycles. The number of furan rings is 1. The number of fused-ring (bicyclic) bond motifs is 1. The zero-order valence-electron chi connectivity index (χ0n) is 39.6. The van der Waals surface area contributed by atoms with Gasteiger partial charge in [0.05, 0.1) is 41.0 Å². The van der Waals surface area contributed by atoms with E-state index in [0.29, 0.717) is 70.6 Å². The Morgan fingerprint density at radius 2 is 1.79 bits per heavy atom. The predicted octanol–water partition coefficient (Wildman–Crippen LogP) is 7.25. The number of nitrogens with two attached hydrogens (primary N) is 1. The summed E-state index contributed by atoms with van der Waals surface area (Å²) in [6.07, 6.45) is 9.71. The van der Waals surface area contributed by atoms with E-state index in [1.807, 2.05) is 24.0 Å². The van der Waals surface area contributed by atoms with Crippen LogP contribution in [0.1, 0.15) is 77.9 Å². The minimum Gasteiger partial charge on any atom is -0.469 e. The number of hydrogen-bond donors (Lipinski definition) is 6. The summed E-state index contributed by atoms with van der Waals surface area (Å²) < 4.78 is 43.0. The van der Waals surface area contributed by atoms with Crippen LogP contribution in [0.15, 0.2) is 94.6 Å². The fraction of sp³-hybridized carbons (Fsp3) is 0.375. The molecule has 0 unspecified atom stereocenters. The van der Waals surface area contributed by atoms with E-state index in [1.54, 1.807) is 73.3 Å². The SMILES string of the molecule is CC(C)Nc1cccnc1N1CCN(C(=O)c2cc3cc(NS(C)(=O)=O)ccc3[nH]2)CC1.Cc1occc1C(=S)Nc1ccc(Cl)c(C(=O)OC2CCCC2)c1.Nc1ccn([C@@H]2CS[C@H](CO)O2)c(=O)n1. The predicted molar refractivity (Wildman–Crippen MR) is 282 cm³/mol. The Morgan fingerprint density at radius 1 is 1.04 bits per heavy atom. The number of hydrogen-bond acceptors (Lipinski definition) is 16. The molecule has 7 N–H and O–H groups in total. The molecule has 2 saturated heterocycles. The number of carbonyl (C=O) groups is 2. The van der Waals surface area contributed by atoms with Gasteiger partial charge in [0.1, 0.15) is 40.0 Å². The third kappa shape index (κ3) is 14.3. The van der Waals surface area contributed by atoms with Gasteiger partial charge in [0.15, 0.2) is 5.82 Å². The zero-order valence-corrected chi connectivity index (χ0v) is 42.8. The second-order valence-electron chi connectivity index (χ2n) is 17.2. The first kappa shape index (κ1) is 52.6. The number of anilines is 5. The van der Waals surface area contributed by atoms with E-state index in [2.05, 4.69) is 49.1 Å². The smallest absolute Gasteiger partial charge is 0.351 e. The maximum Gasteiger partial charge on any atom is 0.351 e. The lowest BCUT2D eigenvalue weighted by Gasteiger charge is -2.36. The van der Waals surface area contributed by atoms with Crippen molar-refractivity contribution >= 4 is 102 Å². The van der Waals surface area contributed by atoms with Crippen molar-refractivity contribution in [1.82, 2.24) is 24.4 Å². The molecule has 3 fully saturated rings. The number of nitrogens with one attached hydrogen (secondary N) is 4. The van der Waals surface area contributed by atoms with Gasteiger partial charge in [-0.05, 0) is 113 Å². The number of aromatic amines is 1. The van der Waals surface area contributed by atoms with Crippen molar-refractivity contribution in [2.75, 3.05) is 70.8 Å². The quantitative estimate of drug-likeness (QED) is 0.0521. The van der Waals surface area contributed by atoms with E-state index < -0.39 is 15.7 Å². The molecule has 0 bridgehead atoms. The van der Waals surface area contributed by atoms with Crippen LogP contribution in [0.4, 0.5) is 28.7 Å². The lowest BCUT2D eigenvalue weighted by Crippen LogP contribution is -2.49. The van der Waals surface area contributed by atoms with Crippen LogP contribution in [0.5, 0.6) is 0 Å². The Kier molecular flexibility index (Phi) is 17.7. The van der Waals surface area contributed by atoms with E-state index in [-0.39, 0.29) is 42.1 Å². The van der Waals surface area contributed by atoms with Crippen molar-refractivity contribution in [2.24, 2.45) is 0 Å². The van der Waals surface area contributed by atoms with Crippen LogP contribution in [0.25, 0.3) is 10.9 Å². The number of ether oxygens (including phenoxy) is 2. The Balaban J connectivity index is 0.000000167. The molecule has 1 aliphatic carbocycles. The van der Waals surface area contributed by atoms with Gasteiger partial charge in [0.25, 0.3) is 5.91 Å². The van der Waals surface area contributed by atoms with E-state index in [0.717, 1.165) is 65.7 Å². The summed E-state index contributed by atoms with van der Waals surface area (Å²) in [6.45, 7) is 8.53. The van der Waals surface area contributed by atoms with Gasteiger partial charge >= 0.3 is 11.7 Å². The van der Waals surface area contributed by atoms with Crippen LogP contribution >= 0.6 is 35.6 Å². The lowest BCUT2D eigenvalue weighted by atomic mass is 10.2. The number of H-pyrrole nitrogens is 1. The highest BCUT2D eigenvalue weighted by Crippen LogP contribution is 2.31.